The van der Waals surface area contributed by atoms with Crippen molar-refractivity contribution in [2.45, 2.75) is 0 Å². The summed E-state index contributed by atoms with van der Waals surface area (Å²) in [5.41, 5.74) is 10.8. The molecule has 244 valence electrons. The van der Waals surface area contributed by atoms with E-state index in [9.17, 15) is 0 Å². The van der Waals surface area contributed by atoms with Crippen molar-refractivity contribution in [1.29, 1.82) is 0 Å². The molecule has 1 heterocycles. The molecule has 9 aromatic carbocycles. The van der Waals surface area contributed by atoms with Crippen molar-refractivity contribution in [1.82, 2.24) is 0 Å². The largest absolute Gasteiger partial charge is 0.309 e. The summed E-state index contributed by atoms with van der Waals surface area (Å²) in [5, 5.41) is 7.72. The lowest BCUT2D eigenvalue weighted by Crippen LogP contribution is -2.10. The molecule has 0 atom stereocenters. The van der Waals surface area contributed by atoms with Crippen molar-refractivity contribution in [2.75, 3.05) is 4.90 Å². The average Bonchev–Trinajstić information content (AvgIpc) is 3.62. The molecule has 0 amide bonds. The minimum atomic E-state index is 1.12. The van der Waals surface area contributed by atoms with Gasteiger partial charge in [-0.15, -0.1) is 11.3 Å². The first kappa shape index (κ1) is 30.4. The zero-order valence-electron chi connectivity index (χ0n) is 28.4. The van der Waals surface area contributed by atoms with Crippen molar-refractivity contribution in [3.63, 3.8) is 0 Å². The number of nitrogens with zero attached hydrogens (tertiary/aromatic N) is 1. The fourth-order valence-electron chi connectivity index (χ4n) is 7.82. The van der Waals surface area contributed by atoms with E-state index in [1.807, 2.05) is 11.3 Å². The number of hydrogen-bond donors (Lipinski definition) is 0. The van der Waals surface area contributed by atoms with Crippen LogP contribution in [0.5, 0.6) is 0 Å². The predicted octanol–water partition coefficient (Wildman–Crippen LogP) is 14.8. The highest BCUT2D eigenvalue weighted by atomic mass is 32.1. The maximum Gasteiger partial charge on any atom is 0.0640 e. The summed E-state index contributed by atoms with van der Waals surface area (Å²) in [6, 6.07) is 72.8. The summed E-state index contributed by atoms with van der Waals surface area (Å²) in [6.45, 7) is 0. The molecule has 0 fully saturated rings. The second-order valence-corrected chi connectivity index (χ2v) is 14.3. The highest BCUT2D eigenvalue weighted by Crippen LogP contribution is 2.47. The number of rotatable bonds is 6. The molecule has 52 heavy (non-hydrogen) atoms. The van der Waals surface area contributed by atoms with E-state index in [0.29, 0.717) is 0 Å². The van der Waals surface area contributed by atoms with Crippen LogP contribution in [0.15, 0.2) is 200 Å². The van der Waals surface area contributed by atoms with Gasteiger partial charge in [0.05, 0.1) is 10.4 Å². The number of fused-ring (bicyclic) bond motifs is 6. The summed E-state index contributed by atoms with van der Waals surface area (Å²) >= 11 is 1.88. The number of thiophene rings is 1. The molecular formula is C50H33NS. The Balaban J connectivity index is 1.14. The average molecular weight is 680 g/mol. The van der Waals surface area contributed by atoms with E-state index in [-0.39, 0.29) is 0 Å². The van der Waals surface area contributed by atoms with E-state index in [0.717, 1.165) is 11.4 Å². The third kappa shape index (κ3) is 5.16. The van der Waals surface area contributed by atoms with Crippen LogP contribution in [-0.2, 0) is 0 Å². The quantitative estimate of drug-likeness (QED) is 0.169. The predicted molar refractivity (Wildman–Crippen MR) is 225 cm³/mol. The maximum absolute atomic E-state index is 2.43. The minimum absolute atomic E-state index is 1.12. The summed E-state index contributed by atoms with van der Waals surface area (Å²) < 4.78 is 2.59. The summed E-state index contributed by atoms with van der Waals surface area (Å²) in [4.78, 5) is 2.43. The minimum Gasteiger partial charge on any atom is -0.309 e. The van der Waals surface area contributed by atoms with Gasteiger partial charge in [0.25, 0.3) is 0 Å². The van der Waals surface area contributed by atoms with Gasteiger partial charge in [0.2, 0.25) is 0 Å². The molecule has 0 aliphatic heterocycles. The lowest BCUT2D eigenvalue weighted by molar-refractivity contribution is 1.30. The van der Waals surface area contributed by atoms with Gasteiger partial charge in [-0.2, -0.15) is 0 Å². The van der Waals surface area contributed by atoms with Gasteiger partial charge in [-0.1, -0.05) is 164 Å². The zero-order chi connectivity index (χ0) is 34.4. The van der Waals surface area contributed by atoms with Gasteiger partial charge < -0.3 is 4.90 Å². The number of hydrogen-bond acceptors (Lipinski definition) is 2. The molecular weight excluding hydrogens is 647 g/mol. The standard InChI is InChI=1S/C50H33NS/c1-3-12-34(13-4-1)35-24-29-40(30-25-35)51(46-23-11-22-45-49-44-19-8-7-16-37(44)28-33-47(49)52-50(45)46)41-31-26-38(27-32-41)43-21-10-18-39-17-9-20-42(48(39)43)36-14-5-2-6-15-36/h1-33H. The van der Waals surface area contributed by atoms with Crippen molar-refractivity contribution >= 4 is 70.1 Å². The van der Waals surface area contributed by atoms with E-state index >= 15 is 0 Å². The van der Waals surface area contributed by atoms with Crippen molar-refractivity contribution in [3.05, 3.63) is 200 Å². The highest BCUT2D eigenvalue weighted by Gasteiger charge is 2.20. The summed E-state index contributed by atoms with van der Waals surface area (Å²) in [7, 11) is 0. The van der Waals surface area contributed by atoms with Gasteiger partial charge in [-0.05, 0) is 91.3 Å². The highest BCUT2D eigenvalue weighted by molar-refractivity contribution is 7.26. The van der Waals surface area contributed by atoms with Crippen LogP contribution >= 0.6 is 11.3 Å². The molecule has 0 aliphatic carbocycles. The van der Waals surface area contributed by atoms with Gasteiger partial charge in [-0.25, -0.2) is 0 Å². The molecule has 2 heteroatoms. The maximum atomic E-state index is 2.43. The molecule has 0 bridgehead atoms. The van der Waals surface area contributed by atoms with Crippen LogP contribution in [0.4, 0.5) is 17.1 Å². The molecule has 10 aromatic rings. The molecule has 0 aliphatic rings. The zero-order valence-corrected chi connectivity index (χ0v) is 29.2. The Bertz CT molecular complexity index is 2870. The molecule has 0 spiro atoms. The number of benzene rings is 9. The molecule has 0 radical (unpaired) electrons. The van der Waals surface area contributed by atoms with Crippen molar-refractivity contribution < 1.29 is 0 Å². The first-order valence-corrected chi connectivity index (χ1v) is 18.6. The summed E-state index contributed by atoms with van der Waals surface area (Å²) in [6.07, 6.45) is 0. The van der Waals surface area contributed by atoms with E-state index in [4.69, 9.17) is 0 Å². The van der Waals surface area contributed by atoms with E-state index in [1.54, 1.807) is 0 Å². The Morgan fingerprint density at radius 1 is 0.327 bits per heavy atom. The SMILES string of the molecule is c1ccc(-c2ccc(N(c3ccc(-c4cccc5cccc(-c6ccccc6)c45)cc3)c3cccc4c3sc3ccc5ccccc5c34)cc2)cc1. The van der Waals surface area contributed by atoms with Crippen LogP contribution in [0.1, 0.15) is 0 Å². The Morgan fingerprint density at radius 3 is 1.54 bits per heavy atom. The van der Waals surface area contributed by atoms with E-state index in [2.05, 4.69) is 205 Å². The second-order valence-electron chi connectivity index (χ2n) is 13.3. The fourth-order valence-corrected chi connectivity index (χ4v) is 9.04. The molecule has 0 N–H and O–H groups in total. The third-order valence-electron chi connectivity index (χ3n) is 10.3. The van der Waals surface area contributed by atoms with Gasteiger partial charge in [0, 0.05) is 26.8 Å². The van der Waals surface area contributed by atoms with Crippen LogP contribution in [0, 0.1) is 0 Å². The van der Waals surface area contributed by atoms with Gasteiger partial charge >= 0.3 is 0 Å². The third-order valence-corrected chi connectivity index (χ3v) is 11.5. The smallest absolute Gasteiger partial charge is 0.0640 e. The molecule has 0 saturated carbocycles. The van der Waals surface area contributed by atoms with E-state index < -0.39 is 0 Å². The van der Waals surface area contributed by atoms with Crippen molar-refractivity contribution in [2.24, 2.45) is 0 Å². The van der Waals surface area contributed by atoms with Crippen LogP contribution in [0.25, 0.3) is 75.1 Å². The van der Waals surface area contributed by atoms with Crippen LogP contribution in [0.2, 0.25) is 0 Å². The van der Waals surface area contributed by atoms with Gasteiger partial charge in [-0.3, -0.25) is 0 Å². The first-order chi connectivity index (χ1) is 25.8. The Morgan fingerprint density at radius 2 is 0.846 bits per heavy atom. The fraction of sp³-hybridized carbons (Fsp3) is 0. The molecule has 1 nitrogen and oxygen atoms in total. The first-order valence-electron chi connectivity index (χ1n) is 17.8. The van der Waals surface area contributed by atoms with Crippen LogP contribution in [0.3, 0.4) is 0 Å². The molecule has 0 unspecified atom stereocenters. The lowest BCUT2D eigenvalue weighted by atomic mass is 9.91. The molecule has 10 rings (SSSR count). The lowest BCUT2D eigenvalue weighted by Gasteiger charge is -2.26. The molecule has 0 saturated heterocycles. The van der Waals surface area contributed by atoms with Gasteiger partial charge in [0.15, 0.2) is 0 Å². The van der Waals surface area contributed by atoms with E-state index in [1.165, 1.54) is 80.8 Å². The van der Waals surface area contributed by atoms with Gasteiger partial charge in [0.1, 0.15) is 0 Å². The van der Waals surface area contributed by atoms with Crippen molar-refractivity contribution in [3.8, 4) is 33.4 Å². The monoisotopic (exact) mass is 679 g/mol. The Kier molecular flexibility index (Phi) is 7.41. The topological polar surface area (TPSA) is 3.24 Å². The van der Waals surface area contributed by atoms with Crippen LogP contribution < -0.4 is 4.90 Å². The number of anilines is 3. The molecule has 1 aromatic heterocycles. The second kappa shape index (κ2) is 12.7. The Hall–Kier alpha value is -6.48. The summed E-state index contributed by atoms with van der Waals surface area (Å²) in [5.74, 6) is 0. The normalized spacial score (nSPS) is 11.5. The van der Waals surface area contributed by atoms with Crippen LogP contribution in [-0.4, -0.2) is 0 Å². The Labute approximate surface area is 307 Å².